The van der Waals surface area contributed by atoms with Gasteiger partial charge in [0.2, 0.25) is 5.91 Å². The monoisotopic (exact) mass is 461 g/mol. The van der Waals surface area contributed by atoms with Gasteiger partial charge in [-0.25, -0.2) is 15.0 Å². The molecule has 0 saturated carbocycles. The summed E-state index contributed by atoms with van der Waals surface area (Å²) in [5.41, 5.74) is 15.0. The van der Waals surface area contributed by atoms with Crippen molar-refractivity contribution < 1.29 is 44.0 Å². The van der Waals surface area contributed by atoms with Crippen molar-refractivity contribution in [3.8, 4) is 0 Å². The number of aromatic nitrogens is 4. The molecule has 9 N–H and O–H groups in total. The zero-order valence-corrected chi connectivity index (χ0v) is 17.2. The Balaban J connectivity index is 1.58. The van der Waals surface area contributed by atoms with Crippen LogP contribution in [0.5, 0.6) is 0 Å². The standard InChI is InChI=1S/C15H24N7O8P/c16-7(1-2-9(17)23)3-28-31(26,27)29-4-8-11(24)12(25)15(30-8)22-6-21-10-13(18)19-5-20-14(10)22/h5-8,11-12,15,24-25H,1-4,16H2,(H2,17,23)(H,26,27)(H2,18,19,20)/t7?,8-,11-,12-,15?/m1/s1. The number of imidazole rings is 1. The Hall–Kier alpha value is -2.23. The summed E-state index contributed by atoms with van der Waals surface area (Å²) in [4.78, 5) is 34.6. The molecule has 31 heavy (non-hydrogen) atoms. The third-order valence-corrected chi connectivity index (χ3v) is 5.59. The molecule has 2 aromatic rings. The summed E-state index contributed by atoms with van der Waals surface area (Å²) in [6.45, 7) is -0.919. The first kappa shape index (κ1) is 23.4. The predicted molar refractivity (Wildman–Crippen MR) is 100 cm³/mol. The number of aliphatic hydroxyl groups is 2. The quantitative estimate of drug-likeness (QED) is 0.215. The Morgan fingerprint density at radius 3 is 2.81 bits per heavy atom. The second kappa shape index (κ2) is 9.50. The number of primary amides is 1. The molecule has 0 aliphatic carbocycles. The number of anilines is 1. The third kappa shape index (κ3) is 5.53. The lowest BCUT2D eigenvalue weighted by Crippen LogP contribution is -2.63. The number of ether oxygens (including phenoxy) is 1. The molecule has 15 nitrogen and oxygen atoms in total. The van der Waals surface area contributed by atoms with Crippen molar-refractivity contribution in [2.75, 3.05) is 18.9 Å². The number of nitrogens with two attached hydrogens (primary N) is 2. The zero-order chi connectivity index (χ0) is 22.8. The molecular weight excluding hydrogens is 437 g/mol. The van der Waals surface area contributed by atoms with Crippen LogP contribution in [0.4, 0.5) is 5.82 Å². The summed E-state index contributed by atoms with van der Waals surface area (Å²) < 4.78 is 28.4. The van der Waals surface area contributed by atoms with E-state index < -0.39 is 50.9 Å². The number of nitrogens with zero attached hydrogens (tertiary/aromatic N) is 4. The van der Waals surface area contributed by atoms with Crippen LogP contribution in [0.25, 0.3) is 11.2 Å². The highest BCUT2D eigenvalue weighted by atomic mass is 31.2. The van der Waals surface area contributed by atoms with Crippen LogP contribution < -0.4 is 22.1 Å². The van der Waals surface area contributed by atoms with Gasteiger partial charge in [0.05, 0.1) is 12.9 Å². The van der Waals surface area contributed by atoms with E-state index in [0.717, 1.165) is 0 Å². The van der Waals surface area contributed by atoms with Crippen molar-refractivity contribution in [1.29, 1.82) is 0 Å². The number of aliphatic hydroxyl groups excluding tert-OH is 2. The highest BCUT2D eigenvalue weighted by molar-refractivity contribution is 7.45. The second-order valence-corrected chi connectivity index (χ2v) is 8.45. The van der Waals surface area contributed by atoms with Crippen molar-refractivity contribution >= 4 is 30.7 Å². The minimum Gasteiger partial charge on any atom is -0.756 e. The van der Waals surface area contributed by atoms with E-state index in [4.69, 9.17) is 25.3 Å². The second-order valence-electron chi connectivity index (χ2n) is 7.04. The normalized spacial score (nSPS) is 26.7. The Bertz CT molecular complexity index is 974. The van der Waals surface area contributed by atoms with Crippen LogP contribution in [0, 0.1) is 0 Å². The maximum absolute atomic E-state index is 12.0. The number of nitrogen functional groups attached to an aromatic ring is 1. The number of hydrogen-bond donors (Lipinski definition) is 5. The van der Waals surface area contributed by atoms with Crippen molar-refractivity contribution in [2.24, 2.45) is 5.73 Å². The van der Waals surface area contributed by atoms with Crippen molar-refractivity contribution in [3.05, 3.63) is 12.7 Å². The summed E-state index contributed by atoms with van der Waals surface area (Å²) in [6.07, 6.45) is -2.38. The van der Waals surface area contributed by atoms with Crippen molar-refractivity contribution in [3.63, 3.8) is 0 Å². The number of phosphoric acid groups is 1. The van der Waals surface area contributed by atoms with Crippen LogP contribution in [0.2, 0.25) is 0 Å². The Morgan fingerprint density at radius 1 is 1.35 bits per heavy atom. The van der Waals surface area contributed by atoms with Gasteiger partial charge in [0.1, 0.15) is 42.8 Å². The van der Waals surface area contributed by atoms with E-state index in [1.165, 1.54) is 17.2 Å². The van der Waals surface area contributed by atoms with Crippen LogP contribution in [-0.4, -0.2) is 73.2 Å². The van der Waals surface area contributed by atoms with Crippen LogP contribution in [0.3, 0.4) is 0 Å². The van der Waals surface area contributed by atoms with E-state index in [0.29, 0.717) is 0 Å². The first-order chi connectivity index (χ1) is 14.6. The fourth-order valence-electron chi connectivity index (χ4n) is 2.98. The molecule has 3 unspecified atom stereocenters. The van der Waals surface area contributed by atoms with Crippen LogP contribution >= 0.6 is 7.82 Å². The summed E-state index contributed by atoms with van der Waals surface area (Å²) in [5, 5.41) is 20.6. The molecular formula is C15H24N7O8P. The first-order valence-corrected chi connectivity index (χ1v) is 10.7. The summed E-state index contributed by atoms with van der Waals surface area (Å²) in [5.74, 6) is -0.406. The largest absolute Gasteiger partial charge is 0.756 e. The summed E-state index contributed by atoms with van der Waals surface area (Å²) in [6, 6.07) is -0.498. The Kier molecular flexibility index (Phi) is 7.18. The lowest BCUT2D eigenvalue weighted by Gasteiger charge is -2.25. The van der Waals surface area contributed by atoms with Crippen LogP contribution in [0.15, 0.2) is 12.7 Å². The van der Waals surface area contributed by atoms with Gasteiger partial charge >= 0.3 is 0 Å². The molecule has 0 radical (unpaired) electrons. The lowest BCUT2D eigenvalue weighted by molar-refractivity contribution is -0.426. The molecule has 0 spiro atoms. The molecule has 172 valence electrons. The number of rotatable bonds is 10. The van der Waals surface area contributed by atoms with Gasteiger partial charge in [-0.05, 0) is 0 Å². The van der Waals surface area contributed by atoms with E-state index in [2.05, 4.69) is 20.7 Å². The van der Waals surface area contributed by atoms with Gasteiger partial charge in [-0.1, -0.05) is 0 Å². The number of phosphoric ester groups is 1. The lowest BCUT2D eigenvalue weighted by atomic mass is 10.1. The maximum atomic E-state index is 12.0. The molecule has 1 amide bonds. The summed E-state index contributed by atoms with van der Waals surface area (Å²) in [7, 11) is -4.75. The first-order valence-electron chi connectivity index (χ1n) is 9.25. The molecule has 2 aromatic heterocycles. The molecule has 6 atom stereocenters. The van der Waals surface area contributed by atoms with Crippen LogP contribution in [-0.2, 0) is 23.1 Å². The molecule has 1 aliphatic heterocycles. The van der Waals surface area contributed by atoms with Crippen molar-refractivity contribution in [2.45, 2.75) is 43.4 Å². The average molecular weight is 461 g/mol. The van der Waals surface area contributed by atoms with Gasteiger partial charge < -0.3 is 46.1 Å². The molecule has 0 aromatic carbocycles. The number of amides is 1. The summed E-state index contributed by atoms with van der Waals surface area (Å²) >= 11 is 0. The van der Waals surface area contributed by atoms with Gasteiger partial charge in [-0.2, -0.15) is 0 Å². The smallest absolute Gasteiger partial charge is 0.268 e. The number of hydrogen-bond acceptors (Lipinski definition) is 12. The van der Waals surface area contributed by atoms with E-state index in [1.54, 1.807) is 0 Å². The molecule has 1 aliphatic rings. The van der Waals surface area contributed by atoms with Gasteiger partial charge in [-0.15, -0.1) is 0 Å². The van der Waals surface area contributed by atoms with E-state index in [1.807, 2.05) is 0 Å². The minimum atomic E-state index is -4.75. The van der Waals surface area contributed by atoms with Gasteiger partial charge in [-0.3, -0.25) is 13.9 Å². The minimum absolute atomic E-state index is 0.0441. The topological polar surface area (TPSA) is 249 Å². The molecule has 16 heteroatoms. The number of fused-ring (bicyclic) bond motifs is 1. The maximum Gasteiger partial charge on any atom is 0.268 e. The molecule has 0 bridgehead atoms. The predicted octanol–water partition coefficient (Wildman–Crippen LogP) is -3.59. The molecule has 3 rings (SSSR count). The van der Waals surface area contributed by atoms with E-state index >= 15 is 0 Å². The zero-order valence-electron chi connectivity index (χ0n) is 16.3. The van der Waals surface area contributed by atoms with Gasteiger partial charge in [0.15, 0.2) is 17.7 Å². The fourth-order valence-corrected chi connectivity index (χ4v) is 3.78. The SMILES string of the molecule is NC(=O)CCC([NH3+])COP(=O)([O-])OC[C@H]1OC(n2cnc3c(N)ncnc32)[C@H](O)[C@@H]1O. The van der Waals surface area contributed by atoms with E-state index in [9.17, 15) is 24.5 Å². The highest BCUT2D eigenvalue weighted by Gasteiger charge is 2.44. The average Bonchev–Trinajstić information content (AvgIpc) is 3.26. The van der Waals surface area contributed by atoms with Gasteiger partial charge in [0, 0.05) is 12.8 Å². The number of carbonyl (C=O) groups is 1. The highest BCUT2D eigenvalue weighted by Crippen LogP contribution is 2.40. The van der Waals surface area contributed by atoms with E-state index in [-0.39, 0.29) is 36.4 Å². The van der Waals surface area contributed by atoms with Crippen molar-refractivity contribution in [1.82, 2.24) is 19.5 Å². The number of carbonyl (C=O) groups excluding carboxylic acids is 1. The third-order valence-electron chi connectivity index (χ3n) is 4.66. The number of quaternary nitrogens is 1. The van der Waals surface area contributed by atoms with Crippen LogP contribution in [0.1, 0.15) is 19.1 Å². The molecule has 1 fully saturated rings. The Morgan fingerprint density at radius 2 is 2.10 bits per heavy atom. The molecule has 1 saturated heterocycles. The van der Waals surface area contributed by atoms with Gasteiger partial charge in [0.25, 0.3) is 7.82 Å². The Labute approximate surface area is 175 Å². The fraction of sp³-hybridized carbons (Fsp3) is 0.600. The molecule has 3 heterocycles.